The van der Waals surface area contributed by atoms with Gasteiger partial charge < -0.3 is 9.84 Å². The summed E-state index contributed by atoms with van der Waals surface area (Å²) >= 11 is 0. The van der Waals surface area contributed by atoms with Gasteiger partial charge in [0.05, 0.1) is 0 Å². The van der Waals surface area contributed by atoms with Gasteiger partial charge in [-0.05, 0) is 43.4 Å². The number of fused-ring (bicyclic) bond motifs is 1. The predicted molar refractivity (Wildman–Crippen MR) is 66.0 cm³/mol. The molecule has 2 aliphatic carbocycles. The third-order valence-electron chi connectivity index (χ3n) is 4.55. The van der Waals surface area contributed by atoms with Crippen LogP contribution in [-0.4, -0.2) is 23.1 Å². The van der Waals surface area contributed by atoms with E-state index in [1.54, 1.807) is 0 Å². The van der Waals surface area contributed by atoms with Gasteiger partial charge in [0.15, 0.2) is 0 Å². The number of carbonyl (C=O) groups excluding carboxylic acids is 1. The van der Waals surface area contributed by atoms with Gasteiger partial charge in [0.2, 0.25) is 0 Å². The Morgan fingerprint density at radius 3 is 2.56 bits per heavy atom. The Morgan fingerprint density at radius 1 is 1.11 bits per heavy atom. The largest absolute Gasteiger partial charge is 0.481 e. The van der Waals surface area contributed by atoms with Crippen LogP contribution in [0.1, 0.15) is 51.9 Å². The summed E-state index contributed by atoms with van der Waals surface area (Å²) in [5.74, 6) is 0.991. The maximum Gasteiger partial charge on any atom is 0.306 e. The molecule has 0 amide bonds. The third-order valence-corrected chi connectivity index (χ3v) is 4.55. The maximum absolute atomic E-state index is 11.6. The zero-order valence-corrected chi connectivity index (χ0v) is 10.9. The fourth-order valence-electron chi connectivity index (χ4n) is 3.59. The van der Waals surface area contributed by atoms with Gasteiger partial charge in [0, 0.05) is 12.8 Å². The van der Waals surface area contributed by atoms with Gasteiger partial charge in [-0.15, -0.1) is 0 Å². The van der Waals surface area contributed by atoms with Crippen LogP contribution in [0.5, 0.6) is 0 Å². The van der Waals surface area contributed by atoms with E-state index in [0.29, 0.717) is 12.3 Å². The molecule has 4 heteroatoms. The molecular weight excluding hydrogens is 232 g/mol. The van der Waals surface area contributed by atoms with Crippen LogP contribution in [0.3, 0.4) is 0 Å². The molecule has 0 spiro atoms. The molecule has 4 atom stereocenters. The average Bonchev–Trinajstić information content (AvgIpc) is 2.83. The summed E-state index contributed by atoms with van der Waals surface area (Å²) in [7, 11) is 0. The lowest BCUT2D eigenvalue weighted by molar-refractivity contribution is -0.151. The van der Waals surface area contributed by atoms with Crippen molar-refractivity contribution >= 4 is 11.9 Å². The van der Waals surface area contributed by atoms with Crippen LogP contribution >= 0.6 is 0 Å². The molecule has 0 aromatic heterocycles. The Morgan fingerprint density at radius 2 is 1.83 bits per heavy atom. The zero-order valence-electron chi connectivity index (χ0n) is 10.9. The normalized spacial score (nSPS) is 34.3. The highest BCUT2D eigenvalue weighted by Gasteiger charge is 2.44. The van der Waals surface area contributed by atoms with E-state index in [4.69, 9.17) is 9.84 Å². The van der Waals surface area contributed by atoms with E-state index >= 15 is 0 Å². The molecule has 2 rings (SSSR count). The monoisotopic (exact) mass is 254 g/mol. The predicted octanol–water partition coefficient (Wildman–Crippen LogP) is 2.61. The Bertz CT molecular complexity index is 326. The van der Waals surface area contributed by atoms with Gasteiger partial charge in [0.25, 0.3) is 0 Å². The lowest BCUT2D eigenvalue weighted by atomic mass is 9.93. The van der Waals surface area contributed by atoms with Crippen molar-refractivity contribution in [2.75, 3.05) is 0 Å². The van der Waals surface area contributed by atoms with Crippen molar-refractivity contribution in [3.8, 4) is 0 Å². The fraction of sp³-hybridized carbons (Fsp3) is 0.857. The molecule has 0 radical (unpaired) electrons. The van der Waals surface area contributed by atoms with Crippen LogP contribution in [0.15, 0.2) is 0 Å². The van der Waals surface area contributed by atoms with Crippen molar-refractivity contribution in [1.82, 2.24) is 0 Å². The molecular formula is C14H22O4. The van der Waals surface area contributed by atoms with E-state index in [9.17, 15) is 9.59 Å². The minimum Gasteiger partial charge on any atom is -0.481 e. The van der Waals surface area contributed by atoms with Gasteiger partial charge in [-0.3, -0.25) is 9.59 Å². The lowest BCUT2D eigenvalue weighted by Gasteiger charge is -2.19. The summed E-state index contributed by atoms with van der Waals surface area (Å²) in [5, 5.41) is 8.51. The van der Waals surface area contributed by atoms with Crippen LogP contribution in [0, 0.1) is 17.8 Å². The summed E-state index contributed by atoms with van der Waals surface area (Å²) in [5.41, 5.74) is 0. The summed E-state index contributed by atoms with van der Waals surface area (Å²) in [6.45, 7) is 2.29. The smallest absolute Gasteiger partial charge is 0.306 e. The molecule has 2 aliphatic rings. The number of carboxylic acid groups (broad SMARTS) is 1. The number of ether oxygens (including phenoxy) is 1. The van der Waals surface area contributed by atoms with Gasteiger partial charge >= 0.3 is 11.9 Å². The Hall–Kier alpha value is -1.06. The highest BCUT2D eigenvalue weighted by atomic mass is 16.5. The highest BCUT2D eigenvalue weighted by molar-refractivity contribution is 5.71. The molecule has 0 bridgehead atoms. The molecule has 2 saturated carbocycles. The van der Waals surface area contributed by atoms with Gasteiger partial charge in [0.1, 0.15) is 6.10 Å². The molecule has 0 heterocycles. The molecule has 102 valence electrons. The quantitative estimate of drug-likeness (QED) is 0.766. The van der Waals surface area contributed by atoms with Crippen molar-refractivity contribution < 1.29 is 19.4 Å². The van der Waals surface area contributed by atoms with Gasteiger partial charge in [-0.1, -0.05) is 13.3 Å². The third kappa shape index (κ3) is 3.03. The average molecular weight is 254 g/mol. The minimum absolute atomic E-state index is 0.0445. The van der Waals surface area contributed by atoms with E-state index in [0.717, 1.165) is 18.3 Å². The first-order valence-corrected chi connectivity index (χ1v) is 6.99. The number of rotatable bonds is 5. The molecule has 18 heavy (non-hydrogen) atoms. The number of hydrogen-bond acceptors (Lipinski definition) is 3. The van der Waals surface area contributed by atoms with Gasteiger partial charge in [-0.25, -0.2) is 0 Å². The first-order valence-electron chi connectivity index (χ1n) is 6.99. The molecule has 0 aliphatic heterocycles. The number of carboxylic acids is 1. The van der Waals surface area contributed by atoms with Crippen molar-refractivity contribution in [3.63, 3.8) is 0 Å². The van der Waals surface area contributed by atoms with Crippen molar-refractivity contribution in [2.45, 2.75) is 58.0 Å². The molecule has 0 saturated heterocycles. The minimum atomic E-state index is -0.853. The van der Waals surface area contributed by atoms with Crippen LogP contribution in [0.2, 0.25) is 0 Å². The molecule has 0 aromatic carbocycles. The number of esters is 1. The zero-order chi connectivity index (χ0) is 13.1. The fourth-order valence-corrected chi connectivity index (χ4v) is 3.59. The van der Waals surface area contributed by atoms with E-state index < -0.39 is 5.97 Å². The summed E-state index contributed by atoms with van der Waals surface area (Å²) in [6, 6.07) is 0. The van der Waals surface area contributed by atoms with E-state index in [1.807, 2.05) is 0 Å². The lowest BCUT2D eigenvalue weighted by Crippen LogP contribution is -2.23. The first-order chi connectivity index (χ1) is 8.58. The Kier molecular flexibility index (Phi) is 4.25. The topological polar surface area (TPSA) is 63.6 Å². The maximum atomic E-state index is 11.6. The molecule has 2 fully saturated rings. The van der Waals surface area contributed by atoms with Crippen molar-refractivity contribution in [2.24, 2.45) is 17.8 Å². The Balaban J connectivity index is 1.73. The molecule has 0 aromatic rings. The molecule has 0 unspecified atom stereocenters. The standard InChI is InChI=1S/C14H22O4/c1-9-5-6-11-10(9)7-8-12(11)18-14(17)4-2-3-13(15)16/h9-12H,2-8H2,1H3,(H,15,16)/t9-,10-,11+,12-/m1/s1. The SMILES string of the molecule is C[C@@H]1CC[C@H]2[C@@H]1CC[C@H]2OC(=O)CCCC(=O)O. The van der Waals surface area contributed by atoms with E-state index in [-0.39, 0.29) is 24.9 Å². The Labute approximate surface area is 108 Å². The van der Waals surface area contributed by atoms with Crippen LogP contribution < -0.4 is 0 Å². The number of hydrogen-bond donors (Lipinski definition) is 1. The highest BCUT2D eigenvalue weighted by Crippen LogP contribution is 2.48. The van der Waals surface area contributed by atoms with Crippen LogP contribution in [0.25, 0.3) is 0 Å². The van der Waals surface area contributed by atoms with E-state index in [2.05, 4.69) is 6.92 Å². The van der Waals surface area contributed by atoms with Crippen molar-refractivity contribution in [3.05, 3.63) is 0 Å². The summed E-state index contributed by atoms with van der Waals surface area (Å²) in [6.07, 6.45) is 5.35. The second kappa shape index (κ2) is 5.72. The molecule has 1 N–H and O–H groups in total. The second-order valence-electron chi connectivity index (χ2n) is 5.74. The summed E-state index contributed by atoms with van der Waals surface area (Å²) in [4.78, 5) is 22.0. The number of aliphatic carboxylic acids is 1. The van der Waals surface area contributed by atoms with Crippen LogP contribution in [-0.2, 0) is 14.3 Å². The van der Waals surface area contributed by atoms with E-state index in [1.165, 1.54) is 19.3 Å². The summed E-state index contributed by atoms with van der Waals surface area (Å²) < 4.78 is 5.52. The first kappa shape index (κ1) is 13.4. The molecule has 4 nitrogen and oxygen atoms in total. The second-order valence-corrected chi connectivity index (χ2v) is 5.74. The van der Waals surface area contributed by atoms with Gasteiger partial charge in [-0.2, -0.15) is 0 Å². The van der Waals surface area contributed by atoms with Crippen molar-refractivity contribution in [1.29, 1.82) is 0 Å². The number of carbonyl (C=O) groups is 2. The van der Waals surface area contributed by atoms with Crippen LogP contribution in [0.4, 0.5) is 0 Å².